The average Bonchev–Trinajstić information content (AvgIpc) is 2.72. The lowest BCUT2D eigenvalue weighted by Gasteiger charge is -2.17. The van der Waals surface area contributed by atoms with E-state index in [0.717, 1.165) is 0 Å². The summed E-state index contributed by atoms with van der Waals surface area (Å²) in [5, 5.41) is 2.67. The second-order valence-corrected chi connectivity index (χ2v) is 5.65. The van der Waals surface area contributed by atoms with Gasteiger partial charge in [0.05, 0.1) is 39.7 Å². The van der Waals surface area contributed by atoms with Gasteiger partial charge in [-0.15, -0.1) is 0 Å². The summed E-state index contributed by atoms with van der Waals surface area (Å²) in [6, 6.07) is 9.84. The summed E-state index contributed by atoms with van der Waals surface area (Å²) >= 11 is 0. The number of carbonyl (C=O) groups excluding carboxylic acids is 2. The maximum atomic E-state index is 12.5. The van der Waals surface area contributed by atoms with Crippen LogP contribution in [0.15, 0.2) is 36.4 Å². The number of nitrogens with one attached hydrogen (secondary N) is 1. The third-order valence-electron chi connectivity index (χ3n) is 3.92. The third-order valence-corrected chi connectivity index (χ3v) is 3.92. The number of ether oxygens (including phenoxy) is 5. The molecule has 8 heteroatoms. The molecular weight excluding hydrogens is 366 g/mol. The van der Waals surface area contributed by atoms with Gasteiger partial charge in [-0.25, -0.2) is 4.79 Å². The molecule has 0 aliphatic heterocycles. The van der Waals surface area contributed by atoms with E-state index in [2.05, 4.69) is 5.32 Å². The summed E-state index contributed by atoms with van der Waals surface area (Å²) in [6.07, 6.45) is -1.04. The molecule has 0 saturated carbocycles. The minimum Gasteiger partial charge on any atom is -0.495 e. The summed E-state index contributed by atoms with van der Waals surface area (Å²) in [5.41, 5.74) is 0.636. The Hall–Kier alpha value is -3.42. The Labute approximate surface area is 163 Å². The normalized spacial score (nSPS) is 11.2. The van der Waals surface area contributed by atoms with Crippen LogP contribution in [0, 0.1) is 0 Å². The molecule has 0 saturated heterocycles. The first kappa shape index (κ1) is 20.9. The number of methoxy groups -OCH3 is 4. The van der Waals surface area contributed by atoms with Gasteiger partial charge in [-0.2, -0.15) is 0 Å². The van der Waals surface area contributed by atoms with E-state index >= 15 is 0 Å². The van der Waals surface area contributed by atoms with Gasteiger partial charge in [-0.05, 0) is 31.2 Å². The van der Waals surface area contributed by atoms with E-state index in [1.165, 1.54) is 47.5 Å². The Morgan fingerprint density at radius 3 is 1.96 bits per heavy atom. The zero-order chi connectivity index (χ0) is 20.7. The second-order valence-electron chi connectivity index (χ2n) is 5.65. The fourth-order valence-electron chi connectivity index (χ4n) is 2.46. The molecule has 0 bridgehead atoms. The zero-order valence-electron chi connectivity index (χ0n) is 16.4. The van der Waals surface area contributed by atoms with Crippen LogP contribution in [-0.4, -0.2) is 46.4 Å². The van der Waals surface area contributed by atoms with Gasteiger partial charge in [0.1, 0.15) is 5.75 Å². The fraction of sp³-hybridized carbons (Fsp3) is 0.300. The molecule has 0 aliphatic carbocycles. The van der Waals surface area contributed by atoms with Crippen molar-refractivity contribution in [2.75, 3.05) is 33.8 Å². The molecule has 0 aliphatic rings. The minimum absolute atomic E-state index is 0.159. The Morgan fingerprint density at radius 1 is 0.857 bits per heavy atom. The second kappa shape index (κ2) is 9.50. The van der Waals surface area contributed by atoms with Gasteiger partial charge in [-0.3, -0.25) is 4.79 Å². The van der Waals surface area contributed by atoms with Crippen LogP contribution < -0.4 is 24.3 Å². The van der Waals surface area contributed by atoms with Gasteiger partial charge >= 0.3 is 5.97 Å². The van der Waals surface area contributed by atoms with Crippen LogP contribution in [-0.2, 0) is 9.53 Å². The highest BCUT2D eigenvalue weighted by Gasteiger charge is 2.23. The lowest BCUT2D eigenvalue weighted by molar-refractivity contribution is -0.123. The molecule has 2 rings (SSSR count). The predicted octanol–water partition coefficient (Wildman–Crippen LogP) is 2.91. The topological polar surface area (TPSA) is 92.3 Å². The van der Waals surface area contributed by atoms with E-state index in [1.807, 2.05) is 0 Å². The van der Waals surface area contributed by atoms with Crippen LogP contribution in [0.3, 0.4) is 0 Å². The Balaban J connectivity index is 2.14. The standard InChI is InChI=1S/C20H23NO7/c1-12(19(22)21-14-8-6-7-9-15(14)24-2)28-20(23)13-10-16(25-3)18(27-5)17(11-13)26-4/h6-12H,1-5H3,(H,21,22)/t12-/m1/s1. The zero-order valence-corrected chi connectivity index (χ0v) is 16.4. The van der Waals surface area contributed by atoms with Gasteiger partial charge in [-0.1, -0.05) is 12.1 Å². The molecule has 2 aromatic carbocycles. The number of amides is 1. The number of hydrogen-bond donors (Lipinski definition) is 1. The van der Waals surface area contributed by atoms with Crippen molar-refractivity contribution < 1.29 is 33.3 Å². The minimum atomic E-state index is -1.04. The molecule has 28 heavy (non-hydrogen) atoms. The lowest BCUT2D eigenvalue weighted by atomic mass is 10.2. The highest BCUT2D eigenvalue weighted by atomic mass is 16.6. The summed E-state index contributed by atoms with van der Waals surface area (Å²) in [7, 11) is 5.84. The maximum absolute atomic E-state index is 12.5. The van der Waals surface area contributed by atoms with Gasteiger partial charge in [0, 0.05) is 0 Å². The largest absolute Gasteiger partial charge is 0.495 e. The van der Waals surface area contributed by atoms with Crippen molar-refractivity contribution in [1.29, 1.82) is 0 Å². The monoisotopic (exact) mass is 389 g/mol. The molecule has 1 amide bonds. The van der Waals surface area contributed by atoms with Crippen LogP contribution in [0.25, 0.3) is 0 Å². The van der Waals surface area contributed by atoms with Crippen molar-refractivity contribution in [2.45, 2.75) is 13.0 Å². The van der Waals surface area contributed by atoms with Crippen molar-refractivity contribution in [3.05, 3.63) is 42.0 Å². The SMILES string of the molecule is COc1ccccc1NC(=O)[C@@H](C)OC(=O)c1cc(OC)c(OC)c(OC)c1. The van der Waals surface area contributed by atoms with Crippen molar-refractivity contribution in [1.82, 2.24) is 0 Å². The quantitative estimate of drug-likeness (QED) is 0.694. The molecule has 0 radical (unpaired) electrons. The first-order valence-electron chi connectivity index (χ1n) is 8.40. The van der Waals surface area contributed by atoms with E-state index in [-0.39, 0.29) is 5.56 Å². The van der Waals surface area contributed by atoms with Crippen molar-refractivity contribution in [2.24, 2.45) is 0 Å². The van der Waals surface area contributed by atoms with Gasteiger partial charge in [0.2, 0.25) is 5.75 Å². The third kappa shape index (κ3) is 4.64. The van der Waals surface area contributed by atoms with E-state index in [4.69, 9.17) is 23.7 Å². The van der Waals surface area contributed by atoms with Crippen LogP contribution in [0.4, 0.5) is 5.69 Å². The highest BCUT2D eigenvalue weighted by molar-refractivity contribution is 5.98. The molecule has 150 valence electrons. The Morgan fingerprint density at radius 2 is 1.43 bits per heavy atom. The van der Waals surface area contributed by atoms with E-state index in [9.17, 15) is 9.59 Å². The first-order valence-corrected chi connectivity index (χ1v) is 8.40. The molecule has 1 N–H and O–H groups in total. The van der Waals surface area contributed by atoms with E-state index in [1.54, 1.807) is 24.3 Å². The van der Waals surface area contributed by atoms with Crippen LogP contribution in [0.2, 0.25) is 0 Å². The lowest BCUT2D eigenvalue weighted by Crippen LogP contribution is -2.30. The van der Waals surface area contributed by atoms with Crippen molar-refractivity contribution in [3.63, 3.8) is 0 Å². The molecule has 0 aromatic heterocycles. The summed E-state index contributed by atoms with van der Waals surface area (Å²) < 4.78 is 26.1. The number of esters is 1. The molecule has 8 nitrogen and oxygen atoms in total. The average molecular weight is 389 g/mol. The van der Waals surface area contributed by atoms with Gasteiger partial charge in [0.15, 0.2) is 17.6 Å². The summed E-state index contributed by atoms with van der Waals surface area (Å²) in [5.74, 6) is 0.259. The molecule has 0 heterocycles. The van der Waals surface area contributed by atoms with Gasteiger partial charge in [0.25, 0.3) is 5.91 Å². The van der Waals surface area contributed by atoms with Crippen LogP contribution in [0.5, 0.6) is 23.0 Å². The fourth-order valence-corrected chi connectivity index (χ4v) is 2.46. The Kier molecular flexibility index (Phi) is 7.08. The number of carbonyl (C=O) groups is 2. The number of benzene rings is 2. The summed E-state index contributed by atoms with van der Waals surface area (Å²) in [4.78, 5) is 24.9. The smallest absolute Gasteiger partial charge is 0.339 e. The first-order chi connectivity index (χ1) is 13.4. The molecule has 1 atom stereocenters. The number of anilines is 1. The van der Waals surface area contributed by atoms with Crippen LogP contribution in [0.1, 0.15) is 17.3 Å². The van der Waals surface area contributed by atoms with E-state index in [0.29, 0.717) is 28.7 Å². The number of para-hydroxylation sites is 2. The van der Waals surface area contributed by atoms with Crippen molar-refractivity contribution in [3.8, 4) is 23.0 Å². The van der Waals surface area contributed by atoms with Gasteiger partial charge < -0.3 is 29.0 Å². The number of hydrogen-bond acceptors (Lipinski definition) is 7. The summed E-state index contributed by atoms with van der Waals surface area (Å²) in [6.45, 7) is 1.47. The maximum Gasteiger partial charge on any atom is 0.339 e. The Bertz CT molecular complexity index is 825. The molecular formula is C20H23NO7. The van der Waals surface area contributed by atoms with Crippen LogP contribution >= 0.6 is 0 Å². The van der Waals surface area contributed by atoms with E-state index < -0.39 is 18.0 Å². The molecule has 0 fully saturated rings. The predicted molar refractivity (Wildman–Crippen MR) is 103 cm³/mol. The highest BCUT2D eigenvalue weighted by Crippen LogP contribution is 2.38. The molecule has 0 spiro atoms. The molecule has 2 aromatic rings. The number of rotatable bonds is 8. The molecule has 0 unspecified atom stereocenters. The van der Waals surface area contributed by atoms with Crippen molar-refractivity contribution >= 4 is 17.6 Å².